The Labute approximate surface area is 203 Å². The molecule has 3 amide bonds. The molecule has 4 aromatic rings. The Morgan fingerprint density at radius 1 is 1.06 bits per heavy atom. The molecule has 176 valence electrons. The van der Waals surface area contributed by atoms with Crippen LogP contribution in [0.5, 0.6) is 0 Å². The molecular weight excluding hydrogens is 472 g/mol. The fourth-order valence-electron chi connectivity index (χ4n) is 4.01. The Hall–Kier alpha value is -3.28. The van der Waals surface area contributed by atoms with Crippen molar-refractivity contribution in [2.24, 2.45) is 0 Å². The van der Waals surface area contributed by atoms with Crippen LogP contribution in [0.1, 0.15) is 17.3 Å². The molecule has 0 spiro atoms. The van der Waals surface area contributed by atoms with E-state index in [1.807, 2.05) is 54.3 Å². The maximum Gasteiger partial charge on any atom is 0.323 e. The van der Waals surface area contributed by atoms with Crippen molar-refractivity contribution in [1.82, 2.24) is 24.5 Å². The normalized spacial score (nSPS) is 14.6. The molecule has 0 aliphatic carbocycles. The van der Waals surface area contributed by atoms with Gasteiger partial charge in [0.1, 0.15) is 5.00 Å². The molecule has 0 atom stereocenters. The molecule has 2 aromatic carbocycles. The summed E-state index contributed by atoms with van der Waals surface area (Å²) >= 11 is 3.03. The average molecular weight is 497 g/mol. The van der Waals surface area contributed by atoms with Gasteiger partial charge in [0.05, 0.1) is 16.6 Å². The minimum Gasteiger partial charge on any atom is -0.338 e. The van der Waals surface area contributed by atoms with Gasteiger partial charge in [-0.3, -0.25) is 10.1 Å². The predicted octanol–water partition coefficient (Wildman–Crippen LogP) is 3.68. The highest BCUT2D eigenvalue weighted by Gasteiger charge is 2.28. The van der Waals surface area contributed by atoms with Gasteiger partial charge in [-0.2, -0.15) is 0 Å². The standard InChI is InChI=1S/C23H24N6O3S2/c1-2-24-22(31)27-20-19(15-5-3-4-6-18(15)33-20)21(30)28-9-11-29(12-10-28)34-14-7-8-16-17(13-14)26-23(32)25-16/h3-8,13H,2,9-12H2,1H3,(H2,24,27,31)(H2,25,26,32). The van der Waals surface area contributed by atoms with Crippen LogP contribution in [-0.4, -0.2) is 63.8 Å². The zero-order valence-electron chi connectivity index (χ0n) is 18.5. The summed E-state index contributed by atoms with van der Waals surface area (Å²) in [7, 11) is 0. The van der Waals surface area contributed by atoms with Crippen LogP contribution in [-0.2, 0) is 0 Å². The number of urea groups is 1. The van der Waals surface area contributed by atoms with Crippen LogP contribution in [0.25, 0.3) is 21.1 Å². The number of hydrogen-bond acceptors (Lipinski definition) is 6. The van der Waals surface area contributed by atoms with E-state index in [0.717, 1.165) is 26.0 Å². The highest BCUT2D eigenvalue weighted by Crippen LogP contribution is 2.37. The fourth-order valence-corrected chi connectivity index (χ4v) is 6.04. The number of aromatic amines is 2. The van der Waals surface area contributed by atoms with Crippen molar-refractivity contribution in [2.75, 3.05) is 38.0 Å². The summed E-state index contributed by atoms with van der Waals surface area (Å²) in [6, 6.07) is 13.2. The van der Waals surface area contributed by atoms with Crippen molar-refractivity contribution in [2.45, 2.75) is 11.8 Å². The van der Waals surface area contributed by atoms with Gasteiger partial charge < -0.3 is 20.2 Å². The molecule has 9 nitrogen and oxygen atoms in total. The fraction of sp³-hybridized carbons (Fsp3) is 0.261. The third kappa shape index (κ3) is 4.54. The Morgan fingerprint density at radius 3 is 2.62 bits per heavy atom. The molecule has 1 aliphatic rings. The van der Waals surface area contributed by atoms with Crippen molar-refractivity contribution in [3.8, 4) is 0 Å². The van der Waals surface area contributed by atoms with Crippen molar-refractivity contribution in [1.29, 1.82) is 0 Å². The predicted molar refractivity (Wildman–Crippen MR) is 137 cm³/mol. The van der Waals surface area contributed by atoms with Crippen LogP contribution in [0, 0.1) is 0 Å². The second-order valence-corrected chi connectivity index (χ2v) is 10.1. The van der Waals surface area contributed by atoms with Crippen LogP contribution < -0.4 is 16.3 Å². The lowest BCUT2D eigenvalue weighted by Crippen LogP contribution is -2.46. The highest BCUT2D eigenvalue weighted by molar-refractivity contribution is 7.97. The number of piperazine rings is 1. The van der Waals surface area contributed by atoms with E-state index >= 15 is 0 Å². The molecular formula is C23H24N6O3S2. The van der Waals surface area contributed by atoms with Crippen molar-refractivity contribution >= 4 is 61.3 Å². The maximum absolute atomic E-state index is 13.5. The number of H-pyrrole nitrogens is 2. The Bertz CT molecular complexity index is 1420. The van der Waals surface area contributed by atoms with Gasteiger partial charge in [-0.25, -0.2) is 13.9 Å². The molecule has 0 bridgehead atoms. The summed E-state index contributed by atoms with van der Waals surface area (Å²) in [6.45, 7) is 4.94. The number of carbonyl (C=O) groups is 2. The number of anilines is 1. The van der Waals surface area contributed by atoms with E-state index in [-0.39, 0.29) is 17.6 Å². The number of rotatable bonds is 5. The van der Waals surface area contributed by atoms with Gasteiger partial charge in [0, 0.05) is 47.7 Å². The van der Waals surface area contributed by atoms with Gasteiger partial charge in [-0.15, -0.1) is 11.3 Å². The van der Waals surface area contributed by atoms with E-state index in [0.29, 0.717) is 43.3 Å². The van der Waals surface area contributed by atoms with Gasteiger partial charge in [-0.05, 0) is 43.1 Å². The lowest BCUT2D eigenvalue weighted by Gasteiger charge is -2.34. The lowest BCUT2D eigenvalue weighted by atomic mass is 10.1. The number of aromatic nitrogens is 2. The van der Waals surface area contributed by atoms with E-state index in [1.54, 1.807) is 11.9 Å². The van der Waals surface area contributed by atoms with E-state index in [4.69, 9.17) is 0 Å². The first-order chi connectivity index (χ1) is 16.5. The summed E-state index contributed by atoms with van der Waals surface area (Å²) in [5, 5.41) is 7.01. The molecule has 1 saturated heterocycles. The second kappa shape index (κ2) is 9.53. The smallest absolute Gasteiger partial charge is 0.323 e. The molecule has 1 aliphatic heterocycles. The number of imidazole rings is 1. The Balaban J connectivity index is 1.29. The quantitative estimate of drug-likeness (QED) is 0.315. The molecule has 0 unspecified atom stereocenters. The van der Waals surface area contributed by atoms with Gasteiger partial charge in [0.2, 0.25) is 0 Å². The van der Waals surface area contributed by atoms with Gasteiger partial charge in [0.15, 0.2) is 0 Å². The summed E-state index contributed by atoms with van der Waals surface area (Å²) in [5.41, 5.74) is 1.89. The molecule has 11 heteroatoms. The number of fused-ring (bicyclic) bond motifs is 2. The molecule has 1 fully saturated rings. The van der Waals surface area contributed by atoms with Crippen LogP contribution >= 0.6 is 23.3 Å². The molecule has 5 rings (SSSR count). The van der Waals surface area contributed by atoms with Crippen LogP contribution in [0.2, 0.25) is 0 Å². The third-order valence-electron chi connectivity index (χ3n) is 5.62. The highest BCUT2D eigenvalue weighted by atomic mass is 32.2. The number of nitrogens with zero attached hydrogens (tertiary/aromatic N) is 2. The number of amides is 3. The lowest BCUT2D eigenvalue weighted by molar-refractivity contribution is 0.0707. The first-order valence-electron chi connectivity index (χ1n) is 11.0. The zero-order chi connectivity index (χ0) is 23.7. The van der Waals surface area contributed by atoms with Crippen molar-refractivity contribution < 1.29 is 9.59 Å². The Kier molecular flexibility index (Phi) is 6.31. The molecule has 34 heavy (non-hydrogen) atoms. The van der Waals surface area contributed by atoms with Gasteiger partial charge >= 0.3 is 11.7 Å². The van der Waals surface area contributed by atoms with Gasteiger partial charge in [-0.1, -0.05) is 18.2 Å². The van der Waals surface area contributed by atoms with E-state index in [2.05, 4.69) is 24.9 Å². The maximum atomic E-state index is 13.5. The zero-order valence-corrected chi connectivity index (χ0v) is 20.1. The number of carbonyl (C=O) groups excluding carboxylic acids is 2. The first kappa shape index (κ1) is 22.5. The summed E-state index contributed by atoms with van der Waals surface area (Å²) < 4.78 is 3.18. The number of thiophene rings is 1. The van der Waals surface area contributed by atoms with Crippen molar-refractivity contribution in [3.63, 3.8) is 0 Å². The number of hydrogen-bond donors (Lipinski definition) is 4. The molecule has 3 heterocycles. The van der Waals surface area contributed by atoms with Crippen LogP contribution in [0.15, 0.2) is 52.2 Å². The SMILES string of the molecule is CCNC(=O)Nc1sc2ccccc2c1C(=O)N1CCN(Sc2ccc3[nH]c(=O)[nH]c3c2)CC1. The van der Waals surface area contributed by atoms with E-state index < -0.39 is 0 Å². The van der Waals surface area contributed by atoms with E-state index in [1.165, 1.54) is 11.3 Å². The first-order valence-corrected chi connectivity index (χ1v) is 12.6. The summed E-state index contributed by atoms with van der Waals surface area (Å²) in [4.78, 5) is 45.6. The van der Waals surface area contributed by atoms with Gasteiger partial charge in [0.25, 0.3) is 5.91 Å². The molecule has 2 aromatic heterocycles. The van der Waals surface area contributed by atoms with Crippen molar-refractivity contribution in [3.05, 3.63) is 58.5 Å². The Morgan fingerprint density at radius 2 is 1.82 bits per heavy atom. The third-order valence-corrected chi connectivity index (χ3v) is 7.80. The average Bonchev–Trinajstić information content (AvgIpc) is 3.37. The van der Waals surface area contributed by atoms with Crippen LogP contribution in [0.3, 0.4) is 0 Å². The largest absolute Gasteiger partial charge is 0.338 e. The number of nitrogens with one attached hydrogen (secondary N) is 4. The minimum atomic E-state index is -0.315. The minimum absolute atomic E-state index is 0.0692. The second-order valence-electron chi connectivity index (χ2n) is 7.89. The number of benzene rings is 2. The molecule has 0 radical (unpaired) electrons. The monoisotopic (exact) mass is 496 g/mol. The molecule has 4 N–H and O–H groups in total. The van der Waals surface area contributed by atoms with E-state index in [9.17, 15) is 14.4 Å². The molecule has 0 saturated carbocycles. The summed E-state index contributed by atoms with van der Waals surface area (Å²) in [6.07, 6.45) is 0. The van der Waals surface area contributed by atoms with Crippen LogP contribution in [0.4, 0.5) is 9.80 Å². The summed E-state index contributed by atoms with van der Waals surface area (Å²) in [5.74, 6) is -0.0692. The topological polar surface area (TPSA) is 113 Å².